The van der Waals surface area contributed by atoms with E-state index in [0.717, 1.165) is 16.6 Å². The van der Waals surface area contributed by atoms with Gasteiger partial charge in [0, 0.05) is 9.50 Å². The Balaban J connectivity index is 2.97. The van der Waals surface area contributed by atoms with Crippen LogP contribution in [0.4, 0.5) is 0 Å². The molecular formula is C14H19BrClNO2. The highest BCUT2D eigenvalue weighted by Crippen LogP contribution is 2.27. The van der Waals surface area contributed by atoms with Crippen LogP contribution >= 0.6 is 27.5 Å². The van der Waals surface area contributed by atoms with Crippen molar-refractivity contribution >= 4 is 33.5 Å². The molecular weight excluding hydrogens is 330 g/mol. The standard InChI is InChI=1S/C14H19BrClNO2/c1-4-19-14(18)13(17-8-9(2)3)11-6-5-10(15)7-12(11)16/h5-7,9,13,17H,4,8H2,1-3H3. The third-order valence-electron chi connectivity index (χ3n) is 2.53. The predicted molar refractivity (Wildman–Crippen MR) is 81.4 cm³/mol. The molecule has 0 saturated heterocycles. The molecule has 3 nitrogen and oxygen atoms in total. The minimum atomic E-state index is -0.525. The average Bonchev–Trinajstić information content (AvgIpc) is 2.31. The quantitative estimate of drug-likeness (QED) is 0.791. The van der Waals surface area contributed by atoms with Crippen LogP contribution in [0.15, 0.2) is 22.7 Å². The van der Waals surface area contributed by atoms with Crippen molar-refractivity contribution in [2.45, 2.75) is 26.8 Å². The van der Waals surface area contributed by atoms with Crippen LogP contribution in [0.5, 0.6) is 0 Å². The second kappa shape index (κ2) is 7.88. The van der Waals surface area contributed by atoms with E-state index in [4.69, 9.17) is 16.3 Å². The molecule has 0 heterocycles. The van der Waals surface area contributed by atoms with Gasteiger partial charge in [0.25, 0.3) is 0 Å². The zero-order chi connectivity index (χ0) is 14.4. The lowest BCUT2D eigenvalue weighted by Crippen LogP contribution is -2.33. The zero-order valence-electron chi connectivity index (χ0n) is 11.4. The van der Waals surface area contributed by atoms with E-state index in [2.05, 4.69) is 35.1 Å². The van der Waals surface area contributed by atoms with Gasteiger partial charge < -0.3 is 10.1 Å². The van der Waals surface area contributed by atoms with Crippen LogP contribution in [-0.4, -0.2) is 19.1 Å². The van der Waals surface area contributed by atoms with Gasteiger partial charge in [-0.25, -0.2) is 4.79 Å². The first-order valence-corrected chi connectivity index (χ1v) is 7.47. The fourth-order valence-electron chi connectivity index (χ4n) is 1.64. The van der Waals surface area contributed by atoms with Crippen LogP contribution in [0.1, 0.15) is 32.4 Å². The predicted octanol–water partition coefficient (Wildman–Crippen LogP) is 3.95. The molecule has 1 aromatic rings. The summed E-state index contributed by atoms with van der Waals surface area (Å²) in [6, 6.07) is 4.95. The highest BCUT2D eigenvalue weighted by atomic mass is 79.9. The zero-order valence-corrected chi connectivity index (χ0v) is 13.7. The monoisotopic (exact) mass is 347 g/mol. The Hall–Kier alpha value is -0.580. The van der Waals surface area contributed by atoms with E-state index in [1.54, 1.807) is 13.0 Å². The number of halogens is 2. The molecule has 0 aliphatic heterocycles. The molecule has 1 rings (SSSR count). The summed E-state index contributed by atoms with van der Waals surface area (Å²) < 4.78 is 5.99. The van der Waals surface area contributed by atoms with Gasteiger partial charge in [-0.05, 0) is 37.1 Å². The van der Waals surface area contributed by atoms with E-state index in [1.165, 1.54) is 0 Å². The Bertz CT molecular complexity index is 437. The maximum absolute atomic E-state index is 12.0. The van der Waals surface area contributed by atoms with Gasteiger partial charge in [-0.15, -0.1) is 0 Å². The molecule has 0 bridgehead atoms. The SMILES string of the molecule is CCOC(=O)C(NCC(C)C)c1ccc(Br)cc1Cl. The Labute approximate surface area is 127 Å². The third-order valence-corrected chi connectivity index (χ3v) is 3.35. The Morgan fingerprint density at radius 3 is 2.68 bits per heavy atom. The van der Waals surface area contributed by atoms with Crippen molar-refractivity contribution in [3.63, 3.8) is 0 Å². The lowest BCUT2D eigenvalue weighted by atomic mass is 10.1. The van der Waals surface area contributed by atoms with Crippen LogP contribution in [0.3, 0.4) is 0 Å². The van der Waals surface area contributed by atoms with Gasteiger partial charge in [-0.3, -0.25) is 0 Å². The number of hydrogen-bond acceptors (Lipinski definition) is 3. The van der Waals surface area contributed by atoms with Crippen LogP contribution in [0.2, 0.25) is 5.02 Å². The molecule has 1 aromatic carbocycles. The minimum absolute atomic E-state index is 0.299. The number of benzene rings is 1. The van der Waals surface area contributed by atoms with Crippen molar-refractivity contribution in [1.29, 1.82) is 0 Å². The van der Waals surface area contributed by atoms with Crippen LogP contribution in [-0.2, 0) is 9.53 Å². The summed E-state index contributed by atoms with van der Waals surface area (Å²) in [5, 5.41) is 3.75. The third kappa shape index (κ3) is 5.13. The number of hydrogen-bond donors (Lipinski definition) is 1. The van der Waals surface area contributed by atoms with Crippen LogP contribution < -0.4 is 5.32 Å². The summed E-state index contributed by atoms with van der Waals surface area (Å²) in [6.07, 6.45) is 0. The highest BCUT2D eigenvalue weighted by Gasteiger charge is 2.24. The highest BCUT2D eigenvalue weighted by molar-refractivity contribution is 9.10. The second-order valence-electron chi connectivity index (χ2n) is 4.65. The fourth-order valence-corrected chi connectivity index (χ4v) is 2.42. The summed E-state index contributed by atoms with van der Waals surface area (Å²) >= 11 is 9.56. The van der Waals surface area contributed by atoms with Crippen molar-refractivity contribution in [2.24, 2.45) is 5.92 Å². The number of ether oxygens (including phenoxy) is 1. The van der Waals surface area contributed by atoms with E-state index in [9.17, 15) is 4.79 Å². The van der Waals surface area contributed by atoms with Crippen molar-refractivity contribution in [2.75, 3.05) is 13.2 Å². The first-order chi connectivity index (χ1) is 8.95. The maximum Gasteiger partial charge on any atom is 0.327 e. The number of carbonyl (C=O) groups excluding carboxylic acids is 1. The summed E-state index contributed by atoms with van der Waals surface area (Å²) in [5.41, 5.74) is 0.740. The van der Waals surface area contributed by atoms with Gasteiger partial charge in [0.15, 0.2) is 0 Å². The van der Waals surface area contributed by atoms with Gasteiger partial charge in [-0.2, -0.15) is 0 Å². The van der Waals surface area contributed by atoms with Gasteiger partial charge in [0.05, 0.1) is 6.61 Å². The van der Waals surface area contributed by atoms with E-state index in [-0.39, 0.29) is 5.97 Å². The fraction of sp³-hybridized carbons (Fsp3) is 0.500. The molecule has 19 heavy (non-hydrogen) atoms. The normalized spacial score (nSPS) is 12.5. The minimum Gasteiger partial charge on any atom is -0.465 e. The molecule has 1 atom stereocenters. The Morgan fingerprint density at radius 2 is 2.16 bits per heavy atom. The first kappa shape index (κ1) is 16.5. The summed E-state index contributed by atoms with van der Waals surface area (Å²) in [7, 11) is 0. The lowest BCUT2D eigenvalue weighted by Gasteiger charge is -2.20. The largest absolute Gasteiger partial charge is 0.465 e. The van der Waals surface area contributed by atoms with Crippen LogP contribution in [0, 0.1) is 5.92 Å². The van der Waals surface area contributed by atoms with E-state index >= 15 is 0 Å². The van der Waals surface area contributed by atoms with Gasteiger partial charge in [0.1, 0.15) is 6.04 Å². The number of nitrogens with one attached hydrogen (secondary N) is 1. The second-order valence-corrected chi connectivity index (χ2v) is 5.98. The topological polar surface area (TPSA) is 38.3 Å². The van der Waals surface area contributed by atoms with Crippen molar-refractivity contribution in [3.05, 3.63) is 33.3 Å². The summed E-state index contributed by atoms with van der Waals surface area (Å²) in [6.45, 7) is 7.03. The molecule has 1 unspecified atom stereocenters. The van der Waals surface area contributed by atoms with Gasteiger partial charge >= 0.3 is 5.97 Å². The number of carbonyl (C=O) groups is 1. The van der Waals surface area contributed by atoms with E-state index in [1.807, 2.05) is 12.1 Å². The van der Waals surface area contributed by atoms with Crippen molar-refractivity contribution in [1.82, 2.24) is 5.32 Å². The van der Waals surface area contributed by atoms with Crippen molar-refractivity contribution in [3.8, 4) is 0 Å². The molecule has 0 aliphatic rings. The Kier molecular flexibility index (Phi) is 6.83. The first-order valence-electron chi connectivity index (χ1n) is 6.30. The van der Waals surface area contributed by atoms with Gasteiger partial charge in [0.2, 0.25) is 0 Å². The molecule has 0 amide bonds. The molecule has 0 aliphatic carbocycles. The molecule has 5 heteroatoms. The van der Waals surface area contributed by atoms with Crippen LogP contribution in [0.25, 0.3) is 0 Å². The number of rotatable bonds is 6. The smallest absolute Gasteiger partial charge is 0.327 e. The lowest BCUT2D eigenvalue weighted by molar-refractivity contribution is -0.145. The summed E-state index contributed by atoms with van der Waals surface area (Å²) in [5.74, 6) is 0.138. The molecule has 0 saturated carbocycles. The molecule has 0 spiro atoms. The molecule has 1 N–H and O–H groups in total. The maximum atomic E-state index is 12.0. The number of esters is 1. The molecule has 0 aromatic heterocycles. The van der Waals surface area contributed by atoms with Gasteiger partial charge in [-0.1, -0.05) is 47.4 Å². The Morgan fingerprint density at radius 1 is 1.47 bits per heavy atom. The molecule has 0 fully saturated rings. The van der Waals surface area contributed by atoms with E-state index in [0.29, 0.717) is 17.5 Å². The van der Waals surface area contributed by atoms with E-state index < -0.39 is 6.04 Å². The summed E-state index contributed by atoms with van der Waals surface area (Å²) in [4.78, 5) is 12.0. The average molecular weight is 349 g/mol. The van der Waals surface area contributed by atoms with Crippen molar-refractivity contribution < 1.29 is 9.53 Å². The molecule has 106 valence electrons. The molecule has 0 radical (unpaired) electrons.